The molecule has 0 amide bonds. The summed E-state index contributed by atoms with van der Waals surface area (Å²) in [7, 11) is 0. The standard InChI is InChI=1S/C24H16ClN/c25-17-14-15-22-20-11-5-4-10-19(20)21-12-6-7-13-23(21)26(24(22)16-17)18-8-2-1-3-9-18/h1-16H. The Balaban J connectivity index is 1.93. The molecule has 1 aliphatic rings. The van der Waals surface area contributed by atoms with Crippen molar-refractivity contribution < 1.29 is 0 Å². The van der Waals surface area contributed by atoms with Crippen molar-refractivity contribution in [1.82, 2.24) is 0 Å². The molecule has 124 valence electrons. The highest BCUT2D eigenvalue weighted by atomic mass is 35.5. The van der Waals surface area contributed by atoms with Crippen LogP contribution in [0, 0.1) is 0 Å². The fourth-order valence-corrected chi connectivity index (χ4v) is 3.92. The van der Waals surface area contributed by atoms with E-state index in [1.165, 1.54) is 22.3 Å². The number of hydrogen-bond acceptors (Lipinski definition) is 1. The van der Waals surface area contributed by atoms with Gasteiger partial charge in [0.15, 0.2) is 0 Å². The van der Waals surface area contributed by atoms with Gasteiger partial charge >= 0.3 is 0 Å². The summed E-state index contributed by atoms with van der Waals surface area (Å²) in [4.78, 5) is 2.30. The van der Waals surface area contributed by atoms with Gasteiger partial charge in [0.25, 0.3) is 0 Å². The third kappa shape index (κ3) is 2.33. The molecule has 1 aliphatic heterocycles. The summed E-state index contributed by atoms with van der Waals surface area (Å²) in [6.07, 6.45) is 0. The van der Waals surface area contributed by atoms with Gasteiger partial charge in [-0.15, -0.1) is 0 Å². The molecule has 4 aromatic rings. The van der Waals surface area contributed by atoms with E-state index in [1.807, 2.05) is 12.1 Å². The van der Waals surface area contributed by atoms with Crippen molar-refractivity contribution in [2.75, 3.05) is 4.90 Å². The number of halogens is 1. The minimum Gasteiger partial charge on any atom is -0.309 e. The van der Waals surface area contributed by atoms with E-state index in [2.05, 4.69) is 89.8 Å². The third-order valence-corrected chi connectivity index (χ3v) is 5.10. The van der Waals surface area contributed by atoms with Crippen molar-refractivity contribution in [3.8, 4) is 22.3 Å². The van der Waals surface area contributed by atoms with Crippen LogP contribution in [0.2, 0.25) is 5.02 Å². The van der Waals surface area contributed by atoms with Crippen LogP contribution in [-0.4, -0.2) is 0 Å². The Morgan fingerprint density at radius 2 is 1.08 bits per heavy atom. The summed E-state index contributed by atoms with van der Waals surface area (Å²) < 4.78 is 0. The number of para-hydroxylation sites is 2. The fourth-order valence-electron chi connectivity index (χ4n) is 3.75. The number of fused-ring (bicyclic) bond motifs is 5. The highest BCUT2D eigenvalue weighted by Crippen LogP contribution is 2.50. The molecule has 1 heterocycles. The van der Waals surface area contributed by atoms with Crippen LogP contribution >= 0.6 is 11.6 Å². The topological polar surface area (TPSA) is 3.24 Å². The molecule has 0 radical (unpaired) electrons. The SMILES string of the molecule is Clc1ccc2c(c1)N(c1ccccc1)c1ccccc1-c1ccccc1-2. The van der Waals surface area contributed by atoms with Gasteiger partial charge in [0.1, 0.15) is 0 Å². The number of anilines is 3. The highest BCUT2D eigenvalue weighted by molar-refractivity contribution is 6.31. The lowest BCUT2D eigenvalue weighted by molar-refractivity contribution is 1.29. The molecule has 0 fully saturated rings. The van der Waals surface area contributed by atoms with Crippen LogP contribution in [0.1, 0.15) is 0 Å². The van der Waals surface area contributed by atoms with Gasteiger partial charge in [-0.2, -0.15) is 0 Å². The molecule has 26 heavy (non-hydrogen) atoms. The molecule has 5 rings (SSSR count). The van der Waals surface area contributed by atoms with Gasteiger partial charge in [0.2, 0.25) is 0 Å². The first-order valence-electron chi connectivity index (χ1n) is 8.66. The predicted octanol–water partition coefficient (Wildman–Crippen LogP) is 7.46. The predicted molar refractivity (Wildman–Crippen MR) is 111 cm³/mol. The normalized spacial score (nSPS) is 12.0. The summed E-state index contributed by atoms with van der Waals surface area (Å²) in [5.41, 5.74) is 8.25. The van der Waals surface area contributed by atoms with Crippen molar-refractivity contribution in [2.45, 2.75) is 0 Å². The molecule has 0 aromatic heterocycles. The van der Waals surface area contributed by atoms with Crippen LogP contribution in [0.3, 0.4) is 0 Å². The zero-order valence-corrected chi connectivity index (χ0v) is 14.8. The second kappa shape index (κ2) is 6.05. The van der Waals surface area contributed by atoms with E-state index in [9.17, 15) is 0 Å². The molecular weight excluding hydrogens is 338 g/mol. The second-order valence-corrected chi connectivity index (χ2v) is 6.83. The van der Waals surface area contributed by atoms with Crippen LogP contribution < -0.4 is 4.90 Å². The molecule has 0 N–H and O–H groups in total. The Morgan fingerprint density at radius 3 is 1.81 bits per heavy atom. The molecule has 4 aromatic carbocycles. The van der Waals surface area contributed by atoms with E-state index in [4.69, 9.17) is 11.6 Å². The van der Waals surface area contributed by atoms with Gasteiger partial charge in [0, 0.05) is 21.8 Å². The molecule has 0 saturated heterocycles. The van der Waals surface area contributed by atoms with Crippen molar-refractivity contribution in [1.29, 1.82) is 0 Å². The van der Waals surface area contributed by atoms with Crippen LogP contribution in [0.25, 0.3) is 22.3 Å². The molecule has 0 aliphatic carbocycles. The Hall–Kier alpha value is -3.03. The number of rotatable bonds is 1. The largest absolute Gasteiger partial charge is 0.309 e. The maximum Gasteiger partial charge on any atom is 0.0555 e. The van der Waals surface area contributed by atoms with E-state index in [0.717, 1.165) is 22.1 Å². The average Bonchev–Trinajstić information content (AvgIpc) is 2.81. The molecule has 2 heteroatoms. The van der Waals surface area contributed by atoms with Gasteiger partial charge in [0.05, 0.1) is 11.4 Å². The summed E-state index contributed by atoms with van der Waals surface area (Å²) >= 11 is 6.41. The second-order valence-electron chi connectivity index (χ2n) is 6.40. The fraction of sp³-hybridized carbons (Fsp3) is 0. The van der Waals surface area contributed by atoms with Gasteiger partial charge in [-0.25, -0.2) is 0 Å². The van der Waals surface area contributed by atoms with Crippen molar-refractivity contribution in [3.63, 3.8) is 0 Å². The van der Waals surface area contributed by atoms with Crippen LogP contribution in [0.5, 0.6) is 0 Å². The summed E-state index contributed by atoms with van der Waals surface area (Å²) in [5.74, 6) is 0. The summed E-state index contributed by atoms with van der Waals surface area (Å²) in [5, 5.41) is 0.738. The van der Waals surface area contributed by atoms with E-state index in [0.29, 0.717) is 0 Å². The van der Waals surface area contributed by atoms with Gasteiger partial charge < -0.3 is 4.90 Å². The monoisotopic (exact) mass is 353 g/mol. The molecule has 0 bridgehead atoms. The highest BCUT2D eigenvalue weighted by Gasteiger charge is 2.25. The Kier molecular flexibility index (Phi) is 3.55. The lowest BCUT2D eigenvalue weighted by Gasteiger charge is -2.27. The lowest BCUT2D eigenvalue weighted by atomic mass is 9.95. The Bertz CT molecular complexity index is 1100. The third-order valence-electron chi connectivity index (χ3n) is 4.87. The zero-order valence-electron chi connectivity index (χ0n) is 14.1. The van der Waals surface area contributed by atoms with Crippen LogP contribution in [0.15, 0.2) is 97.1 Å². The molecule has 0 unspecified atom stereocenters. The maximum atomic E-state index is 6.41. The van der Waals surface area contributed by atoms with Gasteiger partial charge in [-0.3, -0.25) is 0 Å². The minimum absolute atomic E-state index is 0.738. The molecule has 0 spiro atoms. The first kappa shape index (κ1) is 15.2. The van der Waals surface area contributed by atoms with Crippen molar-refractivity contribution in [3.05, 3.63) is 102 Å². The molecule has 0 saturated carbocycles. The summed E-state index contributed by atoms with van der Waals surface area (Å²) in [6.45, 7) is 0. The van der Waals surface area contributed by atoms with Crippen molar-refractivity contribution >= 4 is 28.7 Å². The Morgan fingerprint density at radius 1 is 0.500 bits per heavy atom. The first-order valence-corrected chi connectivity index (χ1v) is 9.04. The van der Waals surface area contributed by atoms with Gasteiger partial charge in [-0.05, 0) is 41.5 Å². The minimum atomic E-state index is 0.738. The number of hydrogen-bond donors (Lipinski definition) is 0. The van der Waals surface area contributed by atoms with E-state index >= 15 is 0 Å². The molecule has 0 atom stereocenters. The van der Waals surface area contributed by atoms with E-state index in [-0.39, 0.29) is 0 Å². The first-order chi connectivity index (χ1) is 12.8. The maximum absolute atomic E-state index is 6.41. The lowest BCUT2D eigenvalue weighted by Crippen LogP contribution is -2.10. The smallest absolute Gasteiger partial charge is 0.0555 e. The summed E-state index contributed by atoms with van der Waals surface area (Å²) in [6, 6.07) is 33.7. The average molecular weight is 354 g/mol. The zero-order chi connectivity index (χ0) is 17.5. The van der Waals surface area contributed by atoms with Crippen LogP contribution in [-0.2, 0) is 0 Å². The van der Waals surface area contributed by atoms with Crippen molar-refractivity contribution in [2.24, 2.45) is 0 Å². The van der Waals surface area contributed by atoms with E-state index < -0.39 is 0 Å². The van der Waals surface area contributed by atoms with Gasteiger partial charge in [-0.1, -0.05) is 78.3 Å². The van der Waals surface area contributed by atoms with Crippen LogP contribution in [0.4, 0.5) is 17.1 Å². The van der Waals surface area contributed by atoms with E-state index in [1.54, 1.807) is 0 Å². The number of benzene rings is 4. The molecule has 1 nitrogen and oxygen atoms in total. The number of nitrogens with zero attached hydrogens (tertiary/aromatic N) is 1. The quantitative estimate of drug-likeness (QED) is 0.302. The molecular formula is C24H16ClN. The Labute approximate surface area is 158 Å².